The lowest BCUT2D eigenvalue weighted by Gasteiger charge is -2.27. The smallest absolute Gasteiger partial charge is 0.290 e. The first-order chi connectivity index (χ1) is 14.9. The van der Waals surface area contributed by atoms with Crippen LogP contribution in [0.3, 0.4) is 0 Å². The number of carbonyl (C=O) groups excluding carboxylic acids is 2. The van der Waals surface area contributed by atoms with Crippen LogP contribution >= 0.6 is 0 Å². The summed E-state index contributed by atoms with van der Waals surface area (Å²) in [6.07, 6.45) is 0.723. The third-order valence-corrected chi connectivity index (χ3v) is 5.60. The second-order valence-electron chi connectivity index (χ2n) is 8.21. The molecular formula is C25H26N2O4. The molecule has 0 bridgehead atoms. The molecule has 6 nitrogen and oxygen atoms in total. The molecule has 0 fully saturated rings. The van der Waals surface area contributed by atoms with Gasteiger partial charge in [-0.15, -0.1) is 0 Å². The van der Waals surface area contributed by atoms with Crippen molar-refractivity contribution in [2.45, 2.75) is 19.4 Å². The van der Waals surface area contributed by atoms with Crippen molar-refractivity contribution in [2.75, 3.05) is 27.2 Å². The van der Waals surface area contributed by atoms with E-state index >= 15 is 0 Å². The highest BCUT2D eigenvalue weighted by atomic mass is 16.3. The Morgan fingerprint density at radius 3 is 2.52 bits per heavy atom. The predicted molar refractivity (Wildman–Crippen MR) is 119 cm³/mol. The summed E-state index contributed by atoms with van der Waals surface area (Å²) in [4.78, 5) is 30.0. The largest absolute Gasteiger partial charge is 0.503 e. The molecule has 0 spiro atoms. The number of aryl methyl sites for hydroxylation is 1. The van der Waals surface area contributed by atoms with Crippen LogP contribution in [0, 0.1) is 6.92 Å². The average Bonchev–Trinajstić information content (AvgIpc) is 3.28. The third kappa shape index (κ3) is 3.99. The van der Waals surface area contributed by atoms with Gasteiger partial charge in [-0.2, -0.15) is 0 Å². The number of fused-ring (bicyclic) bond motifs is 1. The van der Waals surface area contributed by atoms with Gasteiger partial charge in [-0.05, 0) is 51.7 Å². The summed E-state index contributed by atoms with van der Waals surface area (Å²) in [7, 11) is 3.94. The first kappa shape index (κ1) is 20.9. The molecule has 1 aromatic heterocycles. The number of para-hydroxylation sites is 1. The Morgan fingerprint density at radius 2 is 1.84 bits per heavy atom. The first-order valence-electron chi connectivity index (χ1n) is 10.4. The minimum absolute atomic E-state index is 0.0674. The standard InChI is InChI=1S/C25H26N2O4/c1-16-9-11-17(12-10-16)22-21(24(29)25(30)27(22)14-6-13-26(2)3)23(28)20-15-18-7-4-5-8-19(18)31-20/h4-5,7-12,15,22,29H,6,13-14H2,1-3H3/t22-/m1/s1. The van der Waals surface area contributed by atoms with Crippen molar-refractivity contribution in [3.05, 3.63) is 82.8 Å². The number of nitrogens with zero attached hydrogens (tertiary/aromatic N) is 2. The number of ketones is 1. The fourth-order valence-corrected chi connectivity index (χ4v) is 4.00. The van der Waals surface area contributed by atoms with Gasteiger partial charge in [0.05, 0.1) is 11.6 Å². The highest BCUT2D eigenvalue weighted by Gasteiger charge is 2.44. The van der Waals surface area contributed by atoms with Crippen LogP contribution in [-0.4, -0.2) is 53.8 Å². The molecule has 1 amide bonds. The number of Topliss-reactive ketones (excluding diaryl/α,β-unsaturated/α-hetero) is 1. The van der Waals surface area contributed by atoms with Crippen molar-refractivity contribution < 1.29 is 19.1 Å². The van der Waals surface area contributed by atoms with E-state index in [1.165, 1.54) is 0 Å². The molecule has 4 rings (SSSR count). The van der Waals surface area contributed by atoms with Gasteiger partial charge >= 0.3 is 0 Å². The van der Waals surface area contributed by atoms with E-state index in [0.717, 1.165) is 29.5 Å². The maximum absolute atomic E-state index is 13.5. The zero-order valence-corrected chi connectivity index (χ0v) is 18.0. The summed E-state index contributed by atoms with van der Waals surface area (Å²) in [6.45, 7) is 3.20. The maximum Gasteiger partial charge on any atom is 0.290 e. The number of rotatable bonds is 7. The van der Waals surface area contributed by atoms with E-state index in [-0.39, 0.29) is 11.3 Å². The van der Waals surface area contributed by atoms with Crippen molar-refractivity contribution >= 4 is 22.7 Å². The number of aliphatic hydroxyl groups is 1. The van der Waals surface area contributed by atoms with Crippen LogP contribution in [0.4, 0.5) is 0 Å². The molecule has 1 atom stereocenters. The van der Waals surface area contributed by atoms with E-state index in [2.05, 4.69) is 0 Å². The monoisotopic (exact) mass is 418 g/mol. The average molecular weight is 418 g/mol. The summed E-state index contributed by atoms with van der Waals surface area (Å²) in [5.41, 5.74) is 2.51. The SMILES string of the molecule is Cc1ccc([C@@H]2C(C(=O)c3cc4ccccc4o3)=C(O)C(=O)N2CCCN(C)C)cc1. The number of benzene rings is 2. The van der Waals surface area contributed by atoms with Crippen molar-refractivity contribution in [3.63, 3.8) is 0 Å². The molecule has 2 aromatic carbocycles. The molecular weight excluding hydrogens is 392 g/mol. The van der Waals surface area contributed by atoms with Crippen molar-refractivity contribution in [2.24, 2.45) is 0 Å². The number of amides is 1. The second-order valence-corrected chi connectivity index (χ2v) is 8.21. The van der Waals surface area contributed by atoms with Gasteiger partial charge < -0.3 is 19.3 Å². The zero-order valence-electron chi connectivity index (χ0n) is 18.0. The molecule has 6 heteroatoms. The van der Waals surface area contributed by atoms with Crippen LogP contribution in [-0.2, 0) is 4.79 Å². The molecule has 2 heterocycles. The van der Waals surface area contributed by atoms with Crippen LogP contribution in [0.5, 0.6) is 0 Å². The van der Waals surface area contributed by atoms with Gasteiger partial charge in [0.15, 0.2) is 11.5 Å². The van der Waals surface area contributed by atoms with Crippen LogP contribution in [0.15, 0.2) is 70.3 Å². The Hall–Kier alpha value is -3.38. The van der Waals surface area contributed by atoms with Crippen LogP contribution in [0.25, 0.3) is 11.0 Å². The molecule has 0 saturated carbocycles. The van der Waals surface area contributed by atoms with E-state index in [1.807, 2.05) is 68.4 Å². The van der Waals surface area contributed by atoms with Crippen LogP contribution < -0.4 is 0 Å². The minimum atomic E-state index is -0.657. The highest BCUT2D eigenvalue weighted by Crippen LogP contribution is 2.39. The molecule has 31 heavy (non-hydrogen) atoms. The van der Waals surface area contributed by atoms with E-state index in [9.17, 15) is 14.7 Å². The molecule has 3 aromatic rings. The van der Waals surface area contributed by atoms with Gasteiger partial charge in [0.1, 0.15) is 5.58 Å². The van der Waals surface area contributed by atoms with Crippen LogP contribution in [0.1, 0.15) is 34.1 Å². The lowest BCUT2D eigenvalue weighted by Crippen LogP contribution is -2.33. The normalized spacial score (nSPS) is 16.7. The maximum atomic E-state index is 13.5. The fraction of sp³-hybridized carbons (Fsp3) is 0.280. The molecule has 1 aliphatic heterocycles. The van der Waals surface area contributed by atoms with E-state index in [4.69, 9.17) is 4.42 Å². The third-order valence-electron chi connectivity index (χ3n) is 5.60. The topological polar surface area (TPSA) is 74.0 Å². The predicted octanol–water partition coefficient (Wildman–Crippen LogP) is 4.27. The number of aliphatic hydroxyl groups excluding tert-OH is 1. The molecule has 0 saturated heterocycles. The van der Waals surface area contributed by atoms with Gasteiger partial charge in [-0.3, -0.25) is 9.59 Å². The van der Waals surface area contributed by atoms with Gasteiger partial charge in [0, 0.05) is 11.9 Å². The first-order valence-corrected chi connectivity index (χ1v) is 10.4. The molecule has 0 radical (unpaired) electrons. The Labute approximate surface area is 181 Å². The number of carbonyl (C=O) groups is 2. The quantitative estimate of drug-likeness (QED) is 0.580. The summed E-state index contributed by atoms with van der Waals surface area (Å²) < 4.78 is 5.75. The molecule has 0 aliphatic carbocycles. The number of hydrogen-bond donors (Lipinski definition) is 1. The summed E-state index contributed by atoms with van der Waals surface area (Å²) in [5, 5.41) is 11.5. The lowest BCUT2D eigenvalue weighted by molar-refractivity contribution is -0.129. The zero-order chi connectivity index (χ0) is 22.1. The second kappa shape index (κ2) is 8.40. The van der Waals surface area contributed by atoms with E-state index < -0.39 is 23.5 Å². The summed E-state index contributed by atoms with van der Waals surface area (Å²) >= 11 is 0. The molecule has 1 N–H and O–H groups in total. The van der Waals surface area contributed by atoms with Crippen molar-refractivity contribution in [3.8, 4) is 0 Å². The summed E-state index contributed by atoms with van der Waals surface area (Å²) in [6, 6.07) is 16.0. The lowest BCUT2D eigenvalue weighted by atomic mass is 9.94. The van der Waals surface area contributed by atoms with Gasteiger partial charge in [-0.1, -0.05) is 48.0 Å². The molecule has 160 valence electrons. The Balaban J connectivity index is 1.74. The van der Waals surface area contributed by atoms with Crippen LogP contribution in [0.2, 0.25) is 0 Å². The van der Waals surface area contributed by atoms with Crippen molar-refractivity contribution in [1.82, 2.24) is 9.80 Å². The van der Waals surface area contributed by atoms with E-state index in [0.29, 0.717) is 12.1 Å². The Bertz CT molecular complexity index is 1120. The fourth-order valence-electron chi connectivity index (χ4n) is 4.00. The Kier molecular flexibility index (Phi) is 5.65. The molecule has 1 aliphatic rings. The summed E-state index contributed by atoms with van der Waals surface area (Å²) in [5.74, 6) is -1.38. The Morgan fingerprint density at radius 1 is 1.13 bits per heavy atom. The molecule has 0 unspecified atom stereocenters. The number of furan rings is 1. The minimum Gasteiger partial charge on any atom is -0.503 e. The van der Waals surface area contributed by atoms with E-state index in [1.54, 1.807) is 17.0 Å². The van der Waals surface area contributed by atoms with Gasteiger partial charge in [-0.25, -0.2) is 0 Å². The number of hydrogen-bond acceptors (Lipinski definition) is 5. The van der Waals surface area contributed by atoms with Crippen molar-refractivity contribution in [1.29, 1.82) is 0 Å². The highest BCUT2D eigenvalue weighted by molar-refractivity contribution is 6.16. The van der Waals surface area contributed by atoms with Gasteiger partial charge in [0.25, 0.3) is 5.91 Å². The van der Waals surface area contributed by atoms with Gasteiger partial charge in [0.2, 0.25) is 5.78 Å².